The highest BCUT2D eigenvalue weighted by Crippen LogP contribution is 2.14. The highest BCUT2D eigenvalue weighted by atomic mass is 15.3. The van der Waals surface area contributed by atoms with Crippen molar-refractivity contribution in [3.05, 3.63) is 18.0 Å². The molecule has 0 bridgehead atoms. The SMILES string of the molecule is CC1CN(Cc2cnc(N3CCN(C)CC3)nc2)C(C)CN1. The van der Waals surface area contributed by atoms with Gasteiger partial charge in [0.25, 0.3) is 0 Å². The van der Waals surface area contributed by atoms with Crippen LogP contribution in [0.5, 0.6) is 0 Å². The van der Waals surface area contributed by atoms with E-state index < -0.39 is 0 Å². The Kier molecular flexibility index (Phi) is 4.90. The second-order valence-corrected chi connectivity index (χ2v) is 6.77. The lowest BCUT2D eigenvalue weighted by Gasteiger charge is -2.37. The summed E-state index contributed by atoms with van der Waals surface area (Å²) in [5.74, 6) is 0.874. The standard InChI is InChI=1S/C16H28N6/c1-13-11-22(14(2)8-17-13)12-15-9-18-16(19-10-15)21-6-4-20(3)5-7-21/h9-10,13-14,17H,4-8,11-12H2,1-3H3. The van der Waals surface area contributed by atoms with Crippen LogP contribution in [0.2, 0.25) is 0 Å². The van der Waals surface area contributed by atoms with E-state index in [1.54, 1.807) is 0 Å². The maximum absolute atomic E-state index is 4.59. The molecule has 1 aromatic heterocycles. The number of nitrogens with zero attached hydrogens (tertiary/aromatic N) is 5. The van der Waals surface area contributed by atoms with E-state index in [4.69, 9.17) is 0 Å². The number of hydrogen-bond donors (Lipinski definition) is 1. The van der Waals surface area contributed by atoms with Crippen molar-refractivity contribution in [3.63, 3.8) is 0 Å². The maximum atomic E-state index is 4.59. The first kappa shape index (κ1) is 15.6. The summed E-state index contributed by atoms with van der Waals surface area (Å²) in [7, 11) is 2.16. The molecule has 22 heavy (non-hydrogen) atoms. The molecule has 0 radical (unpaired) electrons. The predicted molar refractivity (Wildman–Crippen MR) is 89.1 cm³/mol. The van der Waals surface area contributed by atoms with Crippen molar-refractivity contribution in [1.29, 1.82) is 0 Å². The van der Waals surface area contributed by atoms with Crippen molar-refractivity contribution in [2.24, 2.45) is 0 Å². The summed E-state index contributed by atoms with van der Waals surface area (Å²) in [4.78, 5) is 16.3. The third kappa shape index (κ3) is 3.74. The zero-order valence-corrected chi connectivity index (χ0v) is 14.0. The van der Waals surface area contributed by atoms with E-state index in [9.17, 15) is 0 Å². The molecule has 0 saturated carbocycles. The van der Waals surface area contributed by atoms with Gasteiger partial charge in [-0.05, 0) is 20.9 Å². The lowest BCUT2D eigenvalue weighted by atomic mass is 10.1. The van der Waals surface area contributed by atoms with Gasteiger partial charge in [0, 0.05) is 75.9 Å². The Morgan fingerprint density at radius 1 is 1.14 bits per heavy atom. The van der Waals surface area contributed by atoms with Crippen LogP contribution in [0.25, 0.3) is 0 Å². The molecule has 1 N–H and O–H groups in total. The monoisotopic (exact) mass is 304 g/mol. The number of likely N-dealkylation sites (N-methyl/N-ethyl adjacent to an activating group) is 1. The summed E-state index contributed by atoms with van der Waals surface area (Å²) < 4.78 is 0. The molecule has 0 aliphatic carbocycles. The van der Waals surface area contributed by atoms with Gasteiger partial charge in [-0.3, -0.25) is 4.90 Å². The van der Waals surface area contributed by atoms with Gasteiger partial charge in [-0.2, -0.15) is 0 Å². The largest absolute Gasteiger partial charge is 0.338 e. The molecule has 6 nitrogen and oxygen atoms in total. The van der Waals surface area contributed by atoms with Crippen LogP contribution < -0.4 is 10.2 Å². The smallest absolute Gasteiger partial charge is 0.225 e. The van der Waals surface area contributed by atoms with Crippen LogP contribution >= 0.6 is 0 Å². The molecule has 2 aliphatic heterocycles. The molecule has 2 aliphatic rings. The van der Waals surface area contributed by atoms with E-state index in [1.807, 2.05) is 12.4 Å². The molecule has 3 rings (SSSR count). The van der Waals surface area contributed by atoms with Crippen molar-refractivity contribution >= 4 is 5.95 Å². The molecule has 6 heteroatoms. The molecule has 0 spiro atoms. The van der Waals surface area contributed by atoms with E-state index in [2.05, 4.69) is 50.9 Å². The van der Waals surface area contributed by atoms with Crippen molar-refractivity contribution < 1.29 is 0 Å². The van der Waals surface area contributed by atoms with Crippen LogP contribution in [0.15, 0.2) is 12.4 Å². The summed E-state index contributed by atoms with van der Waals surface area (Å²) in [6, 6.07) is 1.12. The quantitative estimate of drug-likeness (QED) is 0.873. The minimum Gasteiger partial charge on any atom is -0.338 e. The van der Waals surface area contributed by atoms with Crippen LogP contribution in [0.1, 0.15) is 19.4 Å². The molecule has 2 fully saturated rings. The van der Waals surface area contributed by atoms with Gasteiger partial charge in [-0.25, -0.2) is 9.97 Å². The van der Waals surface area contributed by atoms with E-state index >= 15 is 0 Å². The van der Waals surface area contributed by atoms with Gasteiger partial charge < -0.3 is 15.1 Å². The molecule has 3 heterocycles. The first-order valence-corrected chi connectivity index (χ1v) is 8.33. The lowest BCUT2D eigenvalue weighted by Crippen LogP contribution is -2.53. The van der Waals surface area contributed by atoms with Crippen LogP contribution in [-0.4, -0.2) is 78.2 Å². The molecule has 2 atom stereocenters. The summed E-state index contributed by atoms with van der Waals surface area (Å²) in [6.45, 7) is 11.8. The van der Waals surface area contributed by atoms with Gasteiger partial charge >= 0.3 is 0 Å². The van der Waals surface area contributed by atoms with Gasteiger partial charge in [-0.1, -0.05) is 0 Å². The number of hydrogen-bond acceptors (Lipinski definition) is 6. The third-order valence-corrected chi connectivity index (χ3v) is 4.76. The second-order valence-electron chi connectivity index (χ2n) is 6.77. The highest BCUT2D eigenvalue weighted by molar-refractivity contribution is 5.30. The van der Waals surface area contributed by atoms with E-state index in [1.165, 1.54) is 5.56 Å². The number of nitrogens with one attached hydrogen (secondary N) is 1. The summed E-state index contributed by atoms with van der Waals surface area (Å²) in [5.41, 5.74) is 1.21. The van der Waals surface area contributed by atoms with Crippen molar-refractivity contribution in [1.82, 2.24) is 25.1 Å². The Hall–Kier alpha value is -1.24. The fourth-order valence-corrected chi connectivity index (χ4v) is 3.15. The van der Waals surface area contributed by atoms with Gasteiger partial charge in [0.2, 0.25) is 5.95 Å². The summed E-state index contributed by atoms with van der Waals surface area (Å²) in [5, 5.41) is 3.52. The van der Waals surface area contributed by atoms with Gasteiger partial charge in [-0.15, -0.1) is 0 Å². The molecule has 1 aromatic rings. The van der Waals surface area contributed by atoms with Crippen LogP contribution in [0, 0.1) is 0 Å². The predicted octanol–water partition coefficient (Wildman–Crippen LogP) is 0.411. The van der Waals surface area contributed by atoms with Gasteiger partial charge in [0.1, 0.15) is 0 Å². The average molecular weight is 304 g/mol. The van der Waals surface area contributed by atoms with E-state index in [0.717, 1.165) is 51.8 Å². The third-order valence-electron chi connectivity index (χ3n) is 4.76. The Balaban J connectivity index is 1.59. The average Bonchev–Trinajstić information content (AvgIpc) is 2.53. The zero-order chi connectivity index (χ0) is 15.5. The Morgan fingerprint density at radius 3 is 2.50 bits per heavy atom. The Bertz CT molecular complexity index is 468. The molecule has 122 valence electrons. The maximum Gasteiger partial charge on any atom is 0.225 e. The summed E-state index contributed by atoms with van der Waals surface area (Å²) in [6.07, 6.45) is 4.00. The van der Waals surface area contributed by atoms with Crippen LogP contribution in [0.3, 0.4) is 0 Å². The Morgan fingerprint density at radius 2 is 1.82 bits per heavy atom. The van der Waals surface area contributed by atoms with Crippen molar-refractivity contribution in [3.8, 4) is 0 Å². The molecule has 0 aromatic carbocycles. The fourth-order valence-electron chi connectivity index (χ4n) is 3.15. The molecule has 0 amide bonds. The normalized spacial score (nSPS) is 28.0. The van der Waals surface area contributed by atoms with Crippen LogP contribution in [-0.2, 0) is 6.54 Å². The molecular formula is C16H28N6. The zero-order valence-electron chi connectivity index (χ0n) is 14.0. The first-order chi connectivity index (χ1) is 10.6. The first-order valence-electron chi connectivity index (χ1n) is 8.33. The second kappa shape index (κ2) is 6.89. The fraction of sp³-hybridized carbons (Fsp3) is 0.750. The molecule has 2 unspecified atom stereocenters. The molecule has 2 saturated heterocycles. The number of rotatable bonds is 3. The Labute approximate surface area is 133 Å². The topological polar surface area (TPSA) is 47.5 Å². The summed E-state index contributed by atoms with van der Waals surface area (Å²) >= 11 is 0. The van der Waals surface area contributed by atoms with Gasteiger partial charge in [0.05, 0.1) is 0 Å². The van der Waals surface area contributed by atoms with E-state index in [0.29, 0.717) is 12.1 Å². The van der Waals surface area contributed by atoms with Gasteiger partial charge in [0.15, 0.2) is 0 Å². The van der Waals surface area contributed by atoms with Crippen molar-refractivity contribution in [2.75, 3.05) is 51.2 Å². The number of anilines is 1. The molecular weight excluding hydrogens is 276 g/mol. The van der Waals surface area contributed by atoms with Crippen LogP contribution in [0.4, 0.5) is 5.95 Å². The highest BCUT2D eigenvalue weighted by Gasteiger charge is 2.22. The minimum atomic E-state index is 0.557. The van der Waals surface area contributed by atoms with Crippen molar-refractivity contribution in [2.45, 2.75) is 32.5 Å². The van der Waals surface area contributed by atoms with E-state index in [-0.39, 0.29) is 0 Å². The number of piperazine rings is 2. The lowest BCUT2D eigenvalue weighted by molar-refractivity contribution is 0.138. The number of aromatic nitrogens is 2. The minimum absolute atomic E-state index is 0.557.